The molecule has 0 saturated heterocycles. The summed E-state index contributed by atoms with van der Waals surface area (Å²) in [5.74, 6) is 3.38. The largest absolute Gasteiger partial charge is 0.497 e. The van der Waals surface area contributed by atoms with Gasteiger partial charge in [-0.1, -0.05) is 37.2 Å². The van der Waals surface area contributed by atoms with Gasteiger partial charge >= 0.3 is 0 Å². The third kappa shape index (κ3) is 3.85. The van der Waals surface area contributed by atoms with Crippen molar-refractivity contribution in [2.45, 2.75) is 24.9 Å². The van der Waals surface area contributed by atoms with E-state index in [0.717, 1.165) is 52.3 Å². The van der Waals surface area contributed by atoms with E-state index >= 15 is 0 Å². The van der Waals surface area contributed by atoms with Crippen LogP contribution in [0.5, 0.6) is 11.5 Å². The first-order valence-electron chi connectivity index (χ1n) is 8.64. The molecule has 0 aliphatic heterocycles. The van der Waals surface area contributed by atoms with Crippen molar-refractivity contribution in [3.8, 4) is 28.6 Å². The summed E-state index contributed by atoms with van der Waals surface area (Å²) in [6.07, 6.45) is 2.30. The maximum atomic E-state index is 5.53. The molecule has 0 bridgehead atoms. The molecule has 3 rings (SSSR count). The van der Waals surface area contributed by atoms with E-state index in [4.69, 9.17) is 9.47 Å². The maximum Gasteiger partial charge on any atom is 0.196 e. The molecule has 0 unspecified atom stereocenters. The maximum absolute atomic E-state index is 5.53. The number of para-hydroxylation sites is 1. The van der Waals surface area contributed by atoms with Gasteiger partial charge < -0.3 is 9.47 Å². The average Bonchev–Trinajstić information content (AvgIpc) is 3.12. The first-order chi connectivity index (χ1) is 12.8. The van der Waals surface area contributed by atoms with Gasteiger partial charge in [0.25, 0.3) is 0 Å². The molecule has 0 N–H and O–H groups in total. The fourth-order valence-electron chi connectivity index (χ4n) is 2.64. The van der Waals surface area contributed by atoms with E-state index in [1.807, 2.05) is 48.5 Å². The minimum Gasteiger partial charge on any atom is -0.497 e. The molecule has 0 spiro atoms. The van der Waals surface area contributed by atoms with Crippen molar-refractivity contribution in [1.29, 1.82) is 0 Å². The lowest BCUT2D eigenvalue weighted by atomic mass is 10.2. The Hall–Kier alpha value is -2.47. The van der Waals surface area contributed by atoms with Crippen LogP contribution in [0.1, 0.15) is 19.8 Å². The molecule has 5 nitrogen and oxygen atoms in total. The van der Waals surface area contributed by atoms with Gasteiger partial charge in [0, 0.05) is 5.75 Å². The van der Waals surface area contributed by atoms with Crippen LogP contribution in [0.2, 0.25) is 0 Å². The quantitative estimate of drug-likeness (QED) is 0.420. The Balaban J connectivity index is 2.09. The molecule has 0 aliphatic rings. The van der Waals surface area contributed by atoms with Crippen molar-refractivity contribution in [1.82, 2.24) is 14.8 Å². The monoisotopic (exact) mass is 369 g/mol. The number of methoxy groups -OCH3 is 2. The summed E-state index contributed by atoms with van der Waals surface area (Å²) in [5, 5.41) is 9.80. The van der Waals surface area contributed by atoms with E-state index in [1.165, 1.54) is 0 Å². The molecule has 6 heteroatoms. The zero-order chi connectivity index (χ0) is 18.4. The number of benzene rings is 2. The third-order valence-electron chi connectivity index (χ3n) is 4.04. The van der Waals surface area contributed by atoms with Crippen LogP contribution in [0.25, 0.3) is 17.1 Å². The van der Waals surface area contributed by atoms with Crippen molar-refractivity contribution in [3.63, 3.8) is 0 Å². The van der Waals surface area contributed by atoms with Crippen molar-refractivity contribution >= 4 is 11.8 Å². The van der Waals surface area contributed by atoms with Gasteiger partial charge in [0.05, 0.1) is 25.5 Å². The standard InChI is InChI=1S/C20H23N3O2S/c1-4-5-14-26-20-22-21-19(17-8-6-7-9-18(17)25-3)23(20)15-10-12-16(24-2)13-11-15/h6-13H,4-5,14H2,1-3H3. The SMILES string of the molecule is CCCCSc1nnc(-c2ccccc2OC)n1-c1ccc(OC)cc1. The summed E-state index contributed by atoms with van der Waals surface area (Å²) in [7, 11) is 3.34. The topological polar surface area (TPSA) is 49.2 Å². The number of hydrogen-bond acceptors (Lipinski definition) is 5. The molecule has 0 aliphatic carbocycles. The predicted molar refractivity (Wildman–Crippen MR) is 106 cm³/mol. The Morgan fingerprint density at radius 2 is 1.73 bits per heavy atom. The Bertz CT molecular complexity index is 847. The first-order valence-corrected chi connectivity index (χ1v) is 9.63. The van der Waals surface area contributed by atoms with E-state index in [-0.39, 0.29) is 0 Å². The Labute approximate surface area is 158 Å². The van der Waals surface area contributed by atoms with E-state index in [9.17, 15) is 0 Å². The molecular formula is C20H23N3O2S. The number of unbranched alkanes of at least 4 members (excludes halogenated alkanes) is 1. The molecule has 0 saturated carbocycles. The second kappa shape index (κ2) is 8.76. The van der Waals surface area contributed by atoms with Crippen LogP contribution in [-0.4, -0.2) is 34.7 Å². The molecule has 0 amide bonds. The highest BCUT2D eigenvalue weighted by Gasteiger charge is 2.18. The van der Waals surface area contributed by atoms with Crippen LogP contribution in [0.15, 0.2) is 53.7 Å². The minimum absolute atomic E-state index is 0.770. The molecular weight excluding hydrogens is 346 g/mol. The number of nitrogens with zero attached hydrogens (tertiary/aromatic N) is 3. The molecule has 1 heterocycles. The van der Waals surface area contributed by atoms with Crippen molar-refractivity contribution in [3.05, 3.63) is 48.5 Å². The minimum atomic E-state index is 0.770. The normalized spacial score (nSPS) is 10.7. The van der Waals surface area contributed by atoms with Crippen LogP contribution < -0.4 is 9.47 Å². The lowest BCUT2D eigenvalue weighted by Gasteiger charge is -2.13. The van der Waals surface area contributed by atoms with Crippen molar-refractivity contribution in [2.75, 3.05) is 20.0 Å². The van der Waals surface area contributed by atoms with Crippen molar-refractivity contribution < 1.29 is 9.47 Å². The lowest BCUT2D eigenvalue weighted by Crippen LogP contribution is -2.01. The third-order valence-corrected chi connectivity index (χ3v) is 5.06. The van der Waals surface area contributed by atoms with Gasteiger partial charge in [0.2, 0.25) is 0 Å². The highest BCUT2D eigenvalue weighted by molar-refractivity contribution is 7.99. The van der Waals surface area contributed by atoms with E-state index in [1.54, 1.807) is 26.0 Å². The fourth-order valence-corrected chi connectivity index (χ4v) is 3.67. The molecule has 26 heavy (non-hydrogen) atoms. The number of ether oxygens (including phenoxy) is 2. The van der Waals surface area contributed by atoms with Gasteiger partial charge in [0.15, 0.2) is 11.0 Å². The second-order valence-corrected chi connectivity index (χ2v) is 6.80. The van der Waals surface area contributed by atoms with Crippen LogP contribution in [0, 0.1) is 0 Å². The summed E-state index contributed by atoms with van der Waals surface area (Å²) in [5.41, 5.74) is 1.91. The van der Waals surface area contributed by atoms with Crippen LogP contribution in [0.3, 0.4) is 0 Å². The summed E-state index contributed by atoms with van der Waals surface area (Å²) in [6, 6.07) is 15.8. The molecule has 0 atom stereocenters. The van der Waals surface area contributed by atoms with Gasteiger partial charge in [-0.3, -0.25) is 4.57 Å². The number of hydrogen-bond donors (Lipinski definition) is 0. The van der Waals surface area contributed by atoms with Gasteiger partial charge in [-0.25, -0.2) is 0 Å². The highest BCUT2D eigenvalue weighted by Crippen LogP contribution is 2.33. The van der Waals surface area contributed by atoms with Gasteiger partial charge in [-0.15, -0.1) is 10.2 Å². The summed E-state index contributed by atoms with van der Waals surface area (Å²) >= 11 is 1.72. The smallest absolute Gasteiger partial charge is 0.196 e. The van der Waals surface area contributed by atoms with E-state index < -0.39 is 0 Å². The number of aromatic nitrogens is 3. The number of thioether (sulfide) groups is 1. The summed E-state index contributed by atoms with van der Waals surface area (Å²) in [4.78, 5) is 0. The molecule has 1 aromatic heterocycles. The highest BCUT2D eigenvalue weighted by atomic mass is 32.2. The fraction of sp³-hybridized carbons (Fsp3) is 0.300. The van der Waals surface area contributed by atoms with Crippen LogP contribution >= 0.6 is 11.8 Å². The van der Waals surface area contributed by atoms with Crippen LogP contribution in [0.4, 0.5) is 0 Å². The van der Waals surface area contributed by atoms with E-state index in [2.05, 4.69) is 21.7 Å². The van der Waals surface area contributed by atoms with E-state index in [0.29, 0.717) is 0 Å². The van der Waals surface area contributed by atoms with Gasteiger partial charge in [0.1, 0.15) is 11.5 Å². The summed E-state index contributed by atoms with van der Waals surface area (Å²) in [6.45, 7) is 2.19. The van der Waals surface area contributed by atoms with Crippen molar-refractivity contribution in [2.24, 2.45) is 0 Å². The lowest BCUT2D eigenvalue weighted by molar-refractivity contribution is 0.414. The second-order valence-electron chi connectivity index (χ2n) is 5.74. The molecule has 0 fully saturated rings. The Kier molecular flexibility index (Phi) is 6.17. The molecule has 3 aromatic rings. The first kappa shape index (κ1) is 18.3. The molecule has 136 valence electrons. The average molecular weight is 369 g/mol. The zero-order valence-corrected chi connectivity index (χ0v) is 16.1. The summed E-state index contributed by atoms with van der Waals surface area (Å²) < 4.78 is 12.9. The predicted octanol–water partition coefficient (Wildman–Crippen LogP) is 4.84. The molecule has 2 aromatic carbocycles. The number of rotatable bonds is 8. The van der Waals surface area contributed by atoms with Gasteiger partial charge in [-0.2, -0.15) is 0 Å². The zero-order valence-electron chi connectivity index (χ0n) is 15.3. The van der Waals surface area contributed by atoms with Gasteiger partial charge in [-0.05, 0) is 42.8 Å². The Morgan fingerprint density at radius 3 is 2.42 bits per heavy atom. The molecule has 0 radical (unpaired) electrons. The Morgan fingerprint density at radius 1 is 0.962 bits per heavy atom. The van der Waals surface area contributed by atoms with Crippen LogP contribution in [-0.2, 0) is 0 Å².